The van der Waals surface area contributed by atoms with Gasteiger partial charge in [-0.2, -0.15) is 0 Å². The van der Waals surface area contributed by atoms with Gasteiger partial charge in [-0.25, -0.2) is 0 Å². The van der Waals surface area contributed by atoms with Crippen molar-refractivity contribution in [1.29, 1.82) is 0 Å². The van der Waals surface area contributed by atoms with E-state index in [-0.39, 0.29) is 6.47 Å². The molecule has 0 spiro atoms. The third-order valence-electron chi connectivity index (χ3n) is 0.425. The molecule has 1 heterocycles. The SMILES string of the molecule is O=CO.c1ccoc1. The zero-order valence-electron chi connectivity index (χ0n) is 4.15. The van der Waals surface area contributed by atoms with Gasteiger partial charge in [0.15, 0.2) is 0 Å². The summed E-state index contributed by atoms with van der Waals surface area (Å²) in [5, 5.41) is 6.89. The number of furan rings is 1. The molecule has 0 bridgehead atoms. The van der Waals surface area contributed by atoms with Crippen LogP contribution in [0.5, 0.6) is 0 Å². The molecule has 0 radical (unpaired) electrons. The third-order valence-corrected chi connectivity index (χ3v) is 0.425. The van der Waals surface area contributed by atoms with Gasteiger partial charge >= 0.3 is 0 Å². The van der Waals surface area contributed by atoms with Crippen LogP contribution in [0.4, 0.5) is 0 Å². The second-order valence-corrected chi connectivity index (χ2v) is 0.899. The van der Waals surface area contributed by atoms with Crippen molar-refractivity contribution in [1.82, 2.24) is 0 Å². The highest BCUT2D eigenvalue weighted by Crippen LogP contribution is 1.79. The predicted molar refractivity (Wildman–Crippen MR) is 27.4 cm³/mol. The van der Waals surface area contributed by atoms with Gasteiger partial charge < -0.3 is 9.52 Å². The van der Waals surface area contributed by atoms with Gasteiger partial charge in [0.1, 0.15) is 0 Å². The summed E-state index contributed by atoms with van der Waals surface area (Å²) in [6, 6.07) is 3.67. The Morgan fingerprint density at radius 1 is 1.38 bits per heavy atom. The first-order valence-corrected chi connectivity index (χ1v) is 1.97. The summed E-state index contributed by atoms with van der Waals surface area (Å²) >= 11 is 0. The first-order chi connectivity index (χ1) is 3.91. The fourth-order valence-corrected chi connectivity index (χ4v) is 0.227. The summed E-state index contributed by atoms with van der Waals surface area (Å²) in [6.07, 6.45) is 3.25. The van der Waals surface area contributed by atoms with E-state index in [1.807, 2.05) is 12.1 Å². The molecule has 0 saturated heterocycles. The highest BCUT2D eigenvalue weighted by Gasteiger charge is 1.58. The van der Waals surface area contributed by atoms with E-state index in [1.54, 1.807) is 12.5 Å². The molecule has 1 aromatic rings. The van der Waals surface area contributed by atoms with Crippen molar-refractivity contribution in [3.63, 3.8) is 0 Å². The van der Waals surface area contributed by atoms with Crippen molar-refractivity contribution < 1.29 is 14.3 Å². The van der Waals surface area contributed by atoms with Gasteiger partial charge in [0.25, 0.3) is 6.47 Å². The largest absolute Gasteiger partial charge is 0.483 e. The van der Waals surface area contributed by atoms with E-state index in [9.17, 15) is 0 Å². The predicted octanol–water partition coefficient (Wildman–Crippen LogP) is 0.980. The molecule has 0 aliphatic rings. The van der Waals surface area contributed by atoms with Crippen LogP contribution in [0.15, 0.2) is 29.1 Å². The van der Waals surface area contributed by atoms with Crippen molar-refractivity contribution >= 4 is 6.47 Å². The first-order valence-electron chi connectivity index (χ1n) is 1.97. The van der Waals surface area contributed by atoms with Crippen LogP contribution in [-0.2, 0) is 4.79 Å². The second kappa shape index (κ2) is 5.75. The Morgan fingerprint density at radius 3 is 1.88 bits per heavy atom. The molecule has 0 saturated carbocycles. The lowest BCUT2D eigenvalue weighted by Gasteiger charge is -1.50. The van der Waals surface area contributed by atoms with Gasteiger partial charge in [0.2, 0.25) is 0 Å². The summed E-state index contributed by atoms with van der Waals surface area (Å²) in [5.74, 6) is 0. The van der Waals surface area contributed by atoms with Crippen LogP contribution in [0, 0.1) is 0 Å². The lowest BCUT2D eigenvalue weighted by molar-refractivity contribution is -0.122. The molecule has 1 N–H and O–H groups in total. The molecule has 0 aromatic carbocycles. The molecule has 0 fully saturated rings. The minimum atomic E-state index is -0.250. The number of hydrogen-bond donors (Lipinski definition) is 1. The lowest BCUT2D eigenvalue weighted by Crippen LogP contribution is -1.49. The van der Waals surface area contributed by atoms with Crippen LogP contribution in [0.25, 0.3) is 0 Å². The molecule has 8 heavy (non-hydrogen) atoms. The molecule has 0 aliphatic carbocycles. The lowest BCUT2D eigenvalue weighted by atomic mass is 10.7. The van der Waals surface area contributed by atoms with Gasteiger partial charge in [-0.15, -0.1) is 0 Å². The van der Waals surface area contributed by atoms with Crippen LogP contribution >= 0.6 is 0 Å². The van der Waals surface area contributed by atoms with E-state index >= 15 is 0 Å². The maximum absolute atomic E-state index is 8.36. The maximum atomic E-state index is 8.36. The zero-order valence-corrected chi connectivity index (χ0v) is 4.15. The van der Waals surface area contributed by atoms with Crippen LogP contribution in [0.1, 0.15) is 0 Å². The summed E-state index contributed by atoms with van der Waals surface area (Å²) in [6.45, 7) is -0.250. The van der Waals surface area contributed by atoms with E-state index in [1.165, 1.54) is 0 Å². The average molecular weight is 114 g/mol. The Bertz CT molecular complexity index is 94.0. The van der Waals surface area contributed by atoms with E-state index in [2.05, 4.69) is 4.42 Å². The summed E-state index contributed by atoms with van der Waals surface area (Å²) in [5.41, 5.74) is 0. The molecule has 3 heteroatoms. The molecule has 3 nitrogen and oxygen atoms in total. The fraction of sp³-hybridized carbons (Fsp3) is 0. The minimum Gasteiger partial charge on any atom is -0.483 e. The molecule has 1 rings (SSSR count). The fourth-order valence-electron chi connectivity index (χ4n) is 0.227. The summed E-state index contributed by atoms with van der Waals surface area (Å²) in [4.78, 5) is 8.36. The first kappa shape index (κ1) is 6.75. The molecular formula is C5H6O3. The van der Waals surface area contributed by atoms with Crippen LogP contribution in [-0.4, -0.2) is 11.6 Å². The highest BCUT2D eigenvalue weighted by atomic mass is 16.3. The van der Waals surface area contributed by atoms with Crippen molar-refractivity contribution in [2.75, 3.05) is 0 Å². The van der Waals surface area contributed by atoms with Gasteiger partial charge in [-0.3, -0.25) is 4.79 Å². The third kappa shape index (κ3) is 4.75. The standard InChI is InChI=1S/C4H4O.CH2O2/c1-2-4-5-3-1;2-1-3/h1-4H;1H,(H,2,3). The minimum absolute atomic E-state index is 0.250. The molecule has 0 atom stereocenters. The monoisotopic (exact) mass is 114 g/mol. The quantitative estimate of drug-likeness (QED) is 0.511. The Hall–Kier alpha value is -1.25. The number of carboxylic acid groups (broad SMARTS) is 1. The Kier molecular flexibility index (Phi) is 4.85. The Morgan fingerprint density at radius 2 is 1.75 bits per heavy atom. The zero-order chi connectivity index (χ0) is 6.24. The molecular weight excluding hydrogens is 108 g/mol. The number of rotatable bonds is 0. The van der Waals surface area contributed by atoms with Gasteiger partial charge in [-0.05, 0) is 12.1 Å². The van der Waals surface area contributed by atoms with Crippen molar-refractivity contribution in [2.24, 2.45) is 0 Å². The van der Waals surface area contributed by atoms with Crippen molar-refractivity contribution in [3.8, 4) is 0 Å². The maximum Gasteiger partial charge on any atom is 0.290 e. The molecule has 1 aromatic heterocycles. The van der Waals surface area contributed by atoms with E-state index in [0.717, 1.165) is 0 Å². The van der Waals surface area contributed by atoms with Crippen molar-refractivity contribution in [3.05, 3.63) is 24.7 Å². The van der Waals surface area contributed by atoms with E-state index < -0.39 is 0 Å². The van der Waals surface area contributed by atoms with Crippen LogP contribution in [0.3, 0.4) is 0 Å². The van der Waals surface area contributed by atoms with E-state index in [0.29, 0.717) is 0 Å². The molecule has 0 aliphatic heterocycles. The average Bonchev–Trinajstić information content (AvgIpc) is 2.17. The number of hydrogen-bond acceptors (Lipinski definition) is 2. The van der Waals surface area contributed by atoms with Crippen LogP contribution in [0.2, 0.25) is 0 Å². The van der Waals surface area contributed by atoms with Crippen molar-refractivity contribution in [2.45, 2.75) is 0 Å². The summed E-state index contributed by atoms with van der Waals surface area (Å²) in [7, 11) is 0. The topological polar surface area (TPSA) is 50.4 Å². The number of carbonyl (C=O) groups is 1. The van der Waals surface area contributed by atoms with Gasteiger partial charge in [0, 0.05) is 0 Å². The molecule has 44 valence electrons. The normalized spacial score (nSPS) is 6.50. The molecule has 0 amide bonds. The smallest absolute Gasteiger partial charge is 0.290 e. The van der Waals surface area contributed by atoms with Gasteiger partial charge in [0.05, 0.1) is 12.5 Å². The van der Waals surface area contributed by atoms with Gasteiger partial charge in [-0.1, -0.05) is 0 Å². The molecule has 0 unspecified atom stereocenters. The highest BCUT2D eigenvalue weighted by molar-refractivity contribution is 5.32. The second-order valence-electron chi connectivity index (χ2n) is 0.899. The summed E-state index contributed by atoms with van der Waals surface area (Å²) < 4.78 is 4.58. The van der Waals surface area contributed by atoms with Crippen LogP contribution < -0.4 is 0 Å². The Balaban J connectivity index is 0.000000145. The van der Waals surface area contributed by atoms with E-state index in [4.69, 9.17) is 9.90 Å². The Labute approximate surface area is 46.6 Å².